The molecule has 4 nitrogen and oxygen atoms in total. The summed E-state index contributed by atoms with van der Waals surface area (Å²) >= 11 is 0. The first-order valence-electron chi connectivity index (χ1n) is 8.60. The first-order chi connectivity index (χ1) is 11.2. The summed E-state index contributed by atoms with van der Waals surface area (Å²) in [4.78, 5) is 24.5. The molecular formula is C17H29F3O4. The van der Waals surface area contributed by atoms with Gasteiger partial charge in [0, 0.05) is 0 Å². The zero-order valence-corrected chi connectivity index (χ0v) is 15.0. The molecule has 0 spiro atoms. The Morgan fingerprint density at radius 3 is 1.92 bits per heavy atom. The summed E-state index contributed by atoms with van der Waals surface area (Å²) in [5, 5.41) is 0. The SMILES string of the molecule is CCCCCCCOC(=O)C(CC)(CC)C(=O)OC(C)C(F)(F)F. The Balaban J connectivity index is 4.72. The average molecular weight is 354 g/mol. The van der Waals surface area contributed by atoms with Crippen molar-refractivity contribution in [3.63, 3.8) is 0 Å². The molecule has 1 unspecified atom stereocenters. The third-order valence-corrected chi connectivity index (χ3v) is 4.21. The van der Waals surface area contributed by atoms with E-state index in [0.29, 0.717) is 6.42 Å². The molecule has 0 amide bonds. The molecule has 7 heteroatoms. The van der Waals surface area contributed by atoms with Crippen LogP contribution in [0.1, 0.15) is 72.6 Å². The molecule has 0 aliphatic carbocycles. The number of rotatable bonds is 11. The number of esters is 2. The smallest absolute Gasteiger partial charge is 0.425 e. The normalized spacial score (nSPS) is 13.5. The van der Waals surface area contributed by atoms with E-state index in [4.69, 9.17) is 4.74 Å². The third kappa shape index (κ3) is 6.69. The third-order valence-electron chi connectivity index (χ3n) is 4.21. The lowest BCUT2D eigenvalue weighted by Gasteiger charge is -2.29. The van der Waals surface area contributed by atoms with Crippen LogP contribution in [0.2, 0.25) is 0 Å². The van der Waals surface area contributed by atoms with Crippen molar-refractivity contribution in [2.75, 3.05) is 6.61 Å². The summed E-state index contributed by atoms with van der Waals surface area (Å²) in [6.45, 7) is 6.11. The van der Waals surface area contributed by atoms with E-state index in [9.17, 15) is 22.8 Å². The summed E-state index contributed by atoms with van der Waals surface area (Å²) in [6.07, 6.45) is -2.06. The Bertz CT molecular complexity index is 390. The first kappa shape index (κ1) is 22.7. The van der Waals surface area contributed by atoms with Crippen molar-refractivity contribution in [2.45, 2.75) is 84.9 Å². The van der Waals surface area contributed by atoms with E-state index in [0.717, 1.165) is 32.6 Å². The summed E-state index contributed by atoms with van der Waals surface area (Å²) < 4.78 is 47.3. The molecule has 0 heterocycles. The van der Waals surface area contributed by atoms with E-state index in [1.54, 1.807) is 13.8 Å². The van der Waals surface area contributed by atoms with Gasteiger partial charge in [0.2, 0.25) is 0 Å². The highest BCUT2D eigenvalue weighted by Gasteiger charge is 2.49. The van der Waals surface area contributed by atoms with Crippen LogP contribution in [0.3, 0.4) is 0 Å². The molecule has 142 valence electrons. The number of alkyl halides is 3. The number of ether oxygens (including phenoxy) is 2. The van der Waals surface area contributed by atoms with E-state index in [-0.39, 0.29) is 19.4 Å². The first-order valence-corrected chi connectivity index (χ1v) is 8.60. The topological polar surface area (TPSA) is 52.6 Å². The fraction of sp³-hybridized carbons (Fsp3) is 0.882. The molecule has 0 aromatic rings. The van der Waals surface area contributed by atoms with E-state index in [1.165, 1.54) is 0 Å². The Hall–Kier alpha value is -1.27. The molecule has 0 aliphatic rings. The van der Waals surface area contributed by atoms with Gasteiger partial charge in [-0.1, -0.05) is 46.5 Å². The van der Waals surface area contributed by atoms with Gasteiger partial charge in [0.15, 0.2) is 11.5 Å². The molecule has 0 saturated heterocycles. The minimum absolute atomic E-state index is 0.0293. The number of hydrogen-bond donors (Lipinski definition) is 0. The number of carbonyl (C=O) groups is 2. The molecule has 24 heavy (non-hydrogen) atoms. The highest BCUT2D eigenvalue weighted by molar-refractivity contribution is 6.00. The maximum atomic E-state index is 12.6. The Morgan fingerprint density at radius 2 is 1.46 bits per heavy atom. The second-order valence-corrected chi connectivity index (χ2v) is 5.93. The molecule has 0 radical (unpaired) electrons. The molecule has 0 aromatic heterocycles. The van der Waals surface area contributed by atoms with Gasteiger partial charge in [-0.2, -0.15) is 13.2 Å². The van der Waals surface area contributed by atoms with Gasteiger partial charge in [0.1, 0.15) is 0 Å². The van der Waals surface area contributed by atoms with Crippen LogP contribution in [-0.4, -0.2) is 30.8 Å². The summed E-state index contributed by atoms with van der Waals surface area (Å²) in [5.41, 5.74) is -1.68. The van der Waals surface area contributed by atoms with Crippen LogP contribution in [-0.2, 0) is 19.1 Å². The van der Waals surface area contributed by atoms with Crippen molar-refractivity contribution in [3.05, 3.63) is 0 Å². The van der Waals surface area contributed by atoms with Gasteiger partial charge in [-0.25, -0.2) is 0 Å². The summed E-state index contributed by atoms with van der Waals surface area (Å²) in [7, 11) is 0. The van der Waals surface area contributed by atoms with Gasteiger partial charge in [-0.3, -0.25) is 9.59 Å². The highest BCUT2D eigenvalue weighted by atomic mass is 19.4. The average Bonchev–Trinajstić information content (AvgIpc) is 2.51. The maximum absolute atomic E-state index is 12.6. The van der Waals surface area contributed by atoms with Gasteiger partial charge in [-0.05, 0) is 26.2 Å². The van der Waals surface area contributed by atoms with Crippen molar-refractivity contribution in [2.24, 2.45) is 5.41 Å². The fourth-order valence-electron chi connectivity index (χ4n) is 2.26. The van der Waals surface area contributed by atoms with Crippen molar-refractivity contribution < 1.29 is 32.2 Å². The van der Waals surface area contributed by atoms with Gasteiger partial charge < -0.3 is 9.47 Å². The maximum Gasteiger partial charge on any atom is 0.425 e. The summed E-state index contributed by atoms with van der Waals surface area (Å²) in [6, 6.07) is 0. The van der Waals surface area contributed by atoms with Crippen LogP contribution in [0, 0.1) is 5.41 Å². The lowest BCUT2D eigenvalue weighted by Crippen LogP contribution is -2.44. The molecule has 1 atom stereocenters. The van der Waals surface area contributed by atoms with Crippen LogP contribution in [0.5, 0.6) is 0 Å². The molecule has 0 bridgehead atoms. The van der Waals surface area contributed by atoms with Crippen LogP contribution in [0.15, 0.2) is 0 Å². The quantitative estimate of drug-likeness (QED) is 0.304. The zero-order valence-electron chi connectivity index (χ0n) is 15.0. The van der Waals surface area contributed by atoms with E-state index < -0.39 is 29.6 Å². The van der Waals surface area contributed by atoms with Crippen molar-refractivity contribution in [3.8, 4) is 0 Å². The highest BCUT2D eigenvalue weighted by Crippen LogP contribution is 2.33. The van der Waals surface area contributed by atoms with E-state index in [2.05, 4.69) is 11.7 Å². The lowest BCUT2D eigenvalue weighted by atomic mass is 9.82. The zero-order chi connectivity index (χ0) is 18.8. The Kier molecular flexibility index (Phi) is 10.0. The second-order valence-electron chi connectivity index (χ2n) is 5.93. The minimum Gasteiger partial charge on any atom is -0.465 e. The Morgan fingerprint density at radius 1 is 0.917 bits per heavy atom. The molecule has 0 aliphatic heterocycles. The molecule has 0 fully saturated rings. The number of hydrogen-bond acceptors (Lipinski definition) is 4. The van der Waals surface area contributed by atoms with Crippen LogP contribution in [0.4, 0.5) is 13.2 Å². The van der Waals surface area contributed by atoms with Gasteiger partial charge >= 0.3 is 18.1 Å². The fourth-order valence-corrected chi connectivity index (χ4v) is 2.26. The second kappa shape index (κ2) is 10.6. The van der Waals surface area contributed by atoms with E-state index >= 15 is 0 Å². The van der Waals surface area contributed by atoms with Crippen molar-refractivity contribution in [1.82, 2.24) is 0 Å². The number of unbranched alkanes of at least 4 members (excludes halogenated alkanes) is 4. The number of carbonyl (C=O) groups excluding carboxylic acids is 2. The lowest BCUT2D eigenvalue weighted by molar-refractivity contribution is -0.223. The molecule has 0 aromatic carbocycles. The van der Waals surface area contributed by atoms with Crippen LogP contribution in [0.25, 0.3) is 0 Å². The standard InChI is InChI=1S/C17H29F3O4/c1-5-8-9-10-11-12-23-14(21)16(6-2,7-3)15(22)24-13(4)17(18,19)20/h13H,5-12H2,1-4H3. The van der Waals surface area contributed by atoms with Crippen LogP contribution < -0.4 is 0 Å². The molecular weight excluding hydrogens is 325 g/mol. The predicted octanol–water partition coefficient (Wildman–Crippen LogP) is 4.80. The van der Waals surface area contributed by atoms with Gasteiger partial charge in [0.25, 0.3) is 0 Å². The number of halogens is 3. The monoisotopic (exact) mass is 354 g/mol. The predicted molar refractivity (Wildman–Crippen MR) is 84.3 cm³/mol. The molecule has 0 N–H and O–H groups in total. The van der Waals surface area contributed by atoms with E-state index in [1.807, 2.05) is 0 Å². The van der Waals surface area contributed by atoms with Crippen LogP contribution >= 0.6 is 0 Å². The van der Waals surface area contributed by atoms with Gasteiger partial charge in [0.05, 0.1) is 6.61 Å². The van der Waals surface area contributed by atoms with Gasteiger partial charge in [-0.15, -0.1) is 0 Å². The Labute approximate surface area is 142 Å². The van der Waals surface area contributed by atoms with Crippen molar-refractivity contribution >= 4 is 11.9 Å². The minimum atomic E-state index is -4.66. The molecule has 0 saturated carbocycles. The largest absolute Gasteiger partial charge is 0.465 e. The molecule has 0 rings (SSSR count). The van der Waals surface area contributed by atoms with Crippen molar-refractivity contribution in [1.29, 1.82) is 0 Å². The summed E-state index contributed by atoms with van der Waals surface area (Å²) in [5.74, 6) is -1.98.